The van der Waals surface area contributed by atoms with Gasteiger partial charge in [-0.2, -0.15) is 0 Å². The minimum Gasteiger partial charge on any atom is -0.376 e. The average molecular weight is 1540 g/mol. The van der Waals surface area contributed by atoms with Crippen LogP contribution in [0.3, 0.4) is 0 Å². The highest BCUT2D eigenvalue weighted by molar-refractivity contribution is 6.32. The standard InChI is InChI=1S/C112H70N4O4/c117-109-92-42-20-36-80(106(92)110(118)91-41-19-35-79(105(91)109)69-53-61-75(62-54-69)113-95-45-13-7-29-83(95)84-30-8-14-46-96(84)113)70-55-63-77(64-56-70)115-99-49-17-11-33-89(99)103-87(39-23-51-101(103)115)88-40-24-52-102-104(88)90-34-12-18-50-100(90)116(102)78-67-59-72(60-68-78)82-38-22-44-94-108(82)112(120,74-27-5-2-6-28-74)93-43-21-37-81(107(93)111(94,119)73-25-3-1-4-26-73)71-57-65-76(66-58-71)114-97-47-15-9-31-85(97)86-32-10-16-48-98(86)114/h1-68,119-120H. The molecular weight excluding hydrogens is 1470 g/mol. The summed E-state index contributed by atoms with van der Waals surface area (Å²) in [6.07, 6.45) is 0. The van der Waals surface area contributed by atoms with Gasteiger partial charge >= 0.3 is 0 Å². The molecule has 2 N–H and O–H groups in total. The van der Waals surface area contributed by atoms with Crippen LogP contribution >= 0.6 is 0 Å². The van der Waals surface area contributed by atoms with Gasteiger partial charge in [-0.3, -0.25) is 9.59 Å². The number of fused-ring (bicyclic) bond motifs is 16. The van der Waals surface area contributed by atoms with E-state index in [2.05, 4.69) is 309 Å². The first-order valence-corrected chi connectivity index (χ1v) is 40.8. The van der Waals surface area contributed by atoms with Crippen molar-refractivity contribution in [2.45, 2.75) is 11.2 Å². The van der Waals surface area contributed by atoms with Gasteiger partial charge in [-0.25, -0.2) is 0 Å². The summed E-state index contributed by atoms with van der Waals surface area (Å²) in [4.78, 5) is 30.3. The number of para-hydroxylation sites is 6. The van der Waals surface area contributed by atoms with E-state index in [1.54, 1.807) is 12.1 Å². The maximum absolute atomic E-state index is 15.2. The van der Waals surface area contributed by atoms with Crippen LogP contribution < -0.4 is 0 Å². The number of aromatic nitrogens is 4. The number of aliphatic hydroxyl groups is 2. The first-order chi connectivity index (χ1) is 59.2. The van der Waals surface area contributed by atoms with Crippen LogP contribution in [0.1, 0.15) is 65.2 Å². The largest absolute Gasteiger partial charge is 0.376 e. The van der Waals surface area contributed by atoms with Crippen LogP contribution in [0.5, 0.6) is 0 Å². The molecule has 0 saturated carbocycles. The Balaban J connectivity index is 0.580. The Labute approximate surface area is 690 Å². The Bertz CT molecular complexity index is 7960. The fourth-order valence-electron chi connectivity index (χ4n) is 20.5. The predicted octanol–water partition coefficient (Wildman–Crippen LogP) is 26.1. The molecule has 0 bridgehead atoms. The van der Waals surface area contributed by atoms with Crippen molar-refractivity contribution >= 4 is 98.8 Å². The summed E-state index contributed by atoms with van der Waals surface area (Å²) in [5.74, 6) is -0.346. The first-order valence-electron chi connectivity index (χ1n) is 40.8. The molecule has 2 aliphatic carbocycles. The minimum absolute atomic E-state index is 0.171. The van der Waals surface area contributed by atoms with Crippen molar-refractivity contribution in [2.24, 2.45) is 0 Å². The zero-order chi connectivity index (χ0) is 79.6. The Morgan fingerprint density at radius 3 is 0.758 bits per heavy atom. The predicted molar refractivity (Wildman–Crippen MR) is 488 cm³/mol. The quantitative estimate of drug-likeness (QED) is 0.135. The van der Waals surface area contributed by atoms with Gasteiger partial charge in [0, 0.05) is 110 Å². The molecule has 8 heteroatoms. The molecule has 2 aliphatic rings. The topological polar surface area (TPSA) is 94.3 Å². The van der Waals surface area contributed by atoms with Crippen LogP contribution in [0.2, 0.25) is 0 Å². The summed E-state index contributed by atoms with van der Waals surface area (Å²) in [5.41, 5.74) is 23.2. The molecule has 0 fully saturated rings. The molecule has 18 aromatic carbocycles. The van der Waals surface area contributed by atoms with Gasteiger partial charge in [0.05, 0.1) is 44.1 Å². The second-order valence-electron chi connectivity index (χ2n) is 31.8. The normalized spacial score (nSPS) is 15.0. The number of nitrogens with zero attached hydrogens (tertiary/aromatic N) is 4. The van der Waals surface area contributed by atoms with Crippen LogP contribution in [0.4, 0.5) is 0 Å². The molecule has 0 saturated heterocycles. The Hall–Kier alpha value is -15.6. The summed E-state index contributed by atoms with van der Waals surface area (Å²) in [5, 5.41) is 38.2. The third kappa shape index (κ3) is 9.89. The number of hydrogen-bond acceptors (Lipinski definition) is 4. The van der Waals surface area contributed by atoms with Crippen LogP contribution in [-0.4, -0.2) is 40.0 Å². The van der Waals surface area contributed by atoms with Crippen LogP contribution in [0, 0.1) is 0 Å². The molecule has 22 aromatic rings. The van der Waals surface area contributed by atoms with Gasteiger partial charge in [0.2, 0.25) is 0 Å². The lowest BCUT2D eigenvalue weighted by molar-refractivity contribution is 0.0757. The fraction of sp³-hybridized carbons (Fsp3) is 0.0179. The number of rotatable bonds is 11. The average Bonchev–Trinajstić information content (AvgIpc) is 1.13. The van der Waals surface area contributed by atoms with E-state index in [9.17, 15) is 10.2 Å². The van der Waals surface area contributed by atoms with Crippen molar-refractivity contribution < 1.29 is 19.8 Å². The Morgan fingerprint density at radius 2 is 0.425 bits per heavy atom. The van der Waals surface area contributed by atoms with E-state index in [1.807, 2.05) is 109 Å². The summed E-state index contributed by atoms with van der Waals surface area (Å²) >= 11 is 0. The number of hydrogen-bond donors (Lipinski definition) is 2. The zero-order valence-corrected chi connectivity index (χ0v) is 64.8. The highest BCUT2D eigenvalue weighted by Gasteiger charge is 2.53. The second kappa shape index (κ2) is 26.5. The lowest BCUT2D eigenvalue weighted by Gasteiger charge is -2.47. The maximum atomic E-state index is 15.2. The molecule has 562 valence electrons. The summed E-state index contributed by atoms with van der Waals surface area (Å²) < 4.78 is 9.29. The zero-order valence-electron chi connectivity index (χ0n) is 64.8. The summed E-state index contributed by atoms with van der Waals surface area (Å²) in [6.45, 7) is 0. The third-order valence-electron chi connectivity index (χ3n) is 25.7. The van der Waals surface area contributed by atoms with E-state index in [-0.39, 0.29) is 11.6 Å². The summed E-state index contributed by atoms with van der Waals surface area (Å²) in [6, 6.07) is 142. The highest BCUT2D eigenvalue weighted by atomic mass is 16.3. The van der Waals surface area contributed by atoms with E-state index in [0.29, 0.717) is 61.2 Å². The molecule has 0 aliphatic heterocycles. The molecule has 8 nitrogen and oxygen atoms in total. The maximum Gasteiger partial charge on any atom is 0.195 e. The second-order valence-corrected chi connectivity index (χ2v) is 31.8. The van der Waals surface area contributed by atoms with E-state index >= 15 is 9.59 Å². The van der Waals surface area contributed by atoms with Gasteiger partial charge in [0.1, 0.15) is 11.2 Å². The lowest BCUT2D eigenvalue weighted by atomic mass is 9.60. The number of carbonyl (C=O) groups excluding carboxylic acids is 2. The molecule has 0 amide bonds. The number of benzene rings is 18. The van der Waals surface area contributed by atoms with Gasteiger partial charge in [0.25, 0.3) is 0 Å². The van der Waals surface area contributed by atoms with Gasteiger partial charge in [-0.15, -0.1) is 0 Å². The highest BCUT2D eigenvalue weighted by Crippen LogP contribution is 2.58. The molecule has 2 atom stereocenters. The number of ketones is 2. The van der Waals surface area contributed by atoms with Gasteiger partial charge in [-0.05, 0) is 164 Å². The Morgan fingerprint density at radius 1 is 0.192 bits per heavy atom. The fourth-order valence-corrected chi connectivity index (χ4v) is 20.5. The molecule has 0 radical (unpaired) electrons. The minimum atomic E-state index is -1.76. The van der Waals surface area contributed by atoms with Crippen molar-refractivity contribution in [2.75, 3.05) is 0 Å². The van der Waals surface area contributed by atoms with Crippen molar-refractivity contribution in [1.82, 2.24) is 18.3 Å². The van der Waals surface area contributed by atoms with Crippen molar-refractivity contribution in [3.63, 3.8) is 0 Å². The number of carbonyl (C=O) groups is 2. The molecule has 4 aromatic heterocycles. The third-order valence-corrected chi connectivity index (χ3v) is 25.7. The van der Waals surface area contributed by atoms with E-state index in [4.69, 9.17) is 0 Å². The molecule has 0 spiro atoms. The summed E-state index contributed by atoms with van der Waals surface area (Å²) in [7, 11) is 0. The van der Waals surface area contributed by atoms with Crippen molar-refractivity contribution in [3.8, 4) is 78.4 Å². The molecule has 120 heavy (non-hydrogen) atoms. The van der Waals surface area contributed by atoms with Gasteiger partial charge < -0.3 is 28.5 Å². The Kier molecular flexibility index (Phi) is 15.2. The van der Waals surface area contributed by atoms with Crippen LogP contribution in [0.25, 0.3) is 166 Å². The van der Waals surface area contributed by atoms with Crippen molar-refractivity contribution in [3.05, 3.63) is 468 Å². The SMILES string of the molecule is O=C1c2cccc(-c3ccc(-n4c5ccccc5c5c(-c6cccc7c6c6ccccc6n7-c6ccc(-c7cccc8c7C(O)(c7ccccc7)c7cccc(-c9ccc(-n%10c%11ccccc%11c%11ccccc%11%10)cc9)c7C8(O)c7ccccc7)cc6)cccc54)cc3)c2C(=O)c2cccc(-c3ccc(-n4c5ccccc5c5ccccc54)cc3)c21. The lowest BCUT2D eigenvalue weighted by Crippen LogP contribution is -2.45. The molecule has 2 unspecified atom stereocenters. The van der Waals surface area contributed by atoms with Crippen molar-refractivity contribution in [1.29, 1.82) is 0 Å². The molecule has 4 heterocycles. The van der Waals surface area contributed by atoms with Gasteiger partial charge in [0.15, 0.2) is 11.6 Å². The van der Waals surface area contributed by atoms with E-state index < -0.39 is 11.2 Å². The van der Waals surface area contributed by atoms with E-state index in [0.717, 1.165) is 138 Å². The van der Waals surface area contributed by atoms with Gasteiger partial charge in [-0.1, -0.05) is 315 Å². The van der Waals surface area contributed by atoms with Crippen LogP contribution in [-0.2, 0) is 11.2 Å². The van der Waals surface area contributed by atoms with E-state index in [1.165, 1.54) is 21.5 Å². The molecular formula is C112H70N4O4. The van der Waals surface area contributed by atoms with Crippen LogP contribution in [0.15, 0.2) is 413 Å². The first kappa shape index (κ1) is 68.8. The monoisotopic (exact) mass is 1530 g/mol. The smallest absolute Gasteiger partial charge is 0.195 e. The molecule has 24 rings (SSSR count).